The highest BCUT2D eigenvalue weighted by atomic mass is 32.2. The highest BCUT2D eigenvalue weighted by molar-refractivity contribution is 8.16. The zero-order chi connectivity index (χ0) is 29.1. The van der Waals surface area contributed by atoms with Gasteiger partial charge in [-0.3, -0.25) is 14.5 Å². The fourth-order valence-electron chi connectivity index (χ4n) is 4.86. The Labute approximate surface area is 232 Å². The number of aliphatic imine (C=N–C) groups is 1. The van der Waals surface area contributed by atoms with Gasteiger partial charge in [0.05, 0.1) is 22.5 Å². The van der Waals surface area contributed by atoms with Gasteiger partial charge in [-0.15, -0.1) is 0 Å². The Bertz CT molecular complexity index is 1430. The molecule has 1 atom stereocenters. The molecule has 1 saturated heterocycles. The second-order valence-electron chi connectivity index (χ2n) is 9.81. The Morgan fingerprint density at radius 1 is 1.20 bits per heavy atom. The van der Waals surface area contributed by atoms with Gasteiger partial charge >= 0.3 is 6.18 Å². The van der Waals surface area contributed by atoms with E-state index in [1.165, 1.54) is 4.68 Å². The third kappa shape index (κ3) is 6.90. The minimum Gasteiger partial charge on any atom is -0.396 e. The van der Waals surface area contributed by atoms with Crippen LogP contribution in [0.15, 0.2) is 52.5 Å². The van der Waals surface area contributed by atoms with Gasteiger partial charge in [0.25, 0.3) is 5.92 Å². The number of thioether (sulfide) groups is 1. The van der Waals surface area contributed by atoms with E-state index in [9.17, 15) is 31.9 Å². The smallest absolute Gasteiger partial charge is 0.396 e. The lowest BCUT2D eigenvalue weighted by molar-refractivity contribution is -0.138. The van der Waals surface area contributed by atoms with Crippen molar-refractivity contribution in [1.82, 2.24) is 14.7 Å². The number of nitrogens with zero attached hydrogens (tertiary/aromatic N) is 4. The van der Waals surface area contributed by atoms with Crippen molar-refractivity contribution in [2.75, 3.05) is 26.7 Å². The van der Waals surface area contributed by atoms with E-state index >= 15 is 0 Å². The lowest BCUT2D eigenvalue weighted by Crippen LogP contribution is -2.41. The number of piperidine rings is 1. The molecular weight excluding hydrogens is 551 g/mol. The molecule has 1 unspecified atom stereocenters. The molecule has 6 nitrogen and oxygen atoms in total. The maximum Gasteiger partial charge on any atom is 0.416 e. The number of aromatic nitrogens is 2. The summed E-state index contributed by atoms with van der Waals surface area (Å²) in [5.74, 6) is -2.63. The highest BCUT2D eigenvalue weighted by Crippen LogP contribution is 2.37. The number of fused-ring (bicyclic) bond motifs is 1. The summed E-state index contributed by atoms with van der Waals surface area (Å²) in [5.41, 5.74) is -0.0145. The second-order valence-corrected chi connectivity index (χ2v) is 10.7. The predicted molar refractivity (Wildman–Crippen MR) is 147 cm³/mol. The lowest BCUT2D eigenvalue weighted by atomic mass is 9.99. The van der Waals surface area contributed by atoms with Gasteiger partial charge in [-0.1, -0.05) is 30.0 Å². The molecule has 1 aliphatic heterocycles. The number of halogens is 5. The zero-order valence-corrected chi connectivity index (χ0v) is 22.8. The van der Waals surface area contributed by atoms with Gasteiger partial charge in [0.1, 0.15) is 5.84 Å². The van der Waals surface area contributed by atoms with Crippen molar-refractivity contribution in [2.45, 2.75) is 38.4 Å². The molecule has 1 fully saturated rings. The fraction of sp³-hybridized carbons (Fsp3) is 0.393. The van der Waals surface area contributed by atoms with Crippen LogP contribution in [0.4, 0.5) is 22.0 Å². The molecule has 0 spiro atoms. The number of likely N-dealkylation sites (tertiary alicyclic amines) is 1. The van der Waals surface area contributed by atoms with Crippen molar-refractivity contribution in [3.8, 4) is 0 Å². The number of hydrogen-bond donors (Lipinski definition) is 1. The SMILES string of the molecule is CN=C(/C(=C/c1ccc2nn(Cc3ccc(C(C)(F)F)cc3C(F)(F)F)cc2c1)SC=O)N1CCCC(CO)C1. The van der Waals surface area contributed by atoms with Gasteiger partial charge < -0.3 is 10.0 Å². The summed E-state index contributed by atoms with van der Waals surface area (Å²) in [7, 11) is 1.65. The van der Waals surface area contributed by atoms with Crippen molar-refractivity contribution in [3.05, 3.63) is 69.8 Å². The van der Waals surface area contributed by atoms with Gasteiger partial charge in [-0.25, -0.2) is 8.78 Å². The zero-order valence-electron chi connectivity index (χ0n) is 22.0. The normalized spacial score (nSPS) is 17.5. The number of benzene rings is 2. The van der Waals surface area contributed by atoms with Crippen LogP contribution in [-0.4, -0.2) is 58.0 Å². The van der Waals surface area contributed by atoms with E-state index < -0.39 is 23.2 Å². The fourth-order valence-corrected chi connectivity index (χ4v) is 5.49. The van der Waals surface area contributed by atoms with Gasteiger partial charge in [0.2, 0.25) is 0 Å². The molecule has 1 N–H and O–H groups in total. The minimum absolute atomic E-state index is 0.0771. The van der Waals surface area contributed by atoms with E-state index in [2.05, 4.69) is 15.0 Å². The van der Waals surface area contributed by atoms with Crippen LogP contribution in [0.3, 0.4) is 0 Å². The first kappa shape index (κ1) is 29.7. The monoisotopic (exact) mass is 580 g/mol. The van der Waals surface area contributed by atoms with Crippen molar-refractivity contribution >= 4 is 40.2 Å². The molecule has 0 bridgehead atoms. The summed E-state index contributed by atoms with van der Waals surface area (Å²) in [5, 5.41) is 14.6. The van der Waals surface area contributed by atoms with E-state index in [-0.39, 0.29) is 24.6 Å². The average Bonchev–Trinajstić information content (AvgIpc) is 3.30. The Kier molecular flexibility index (Phi) is 8.99. The Morgan fingerprint density at radius 2 is 1.98 bits per heavy atom. The van der Waals surface area contributed by atoms with E-state index in [1.807, 2.05) is 6.08 Å². The molecule has 3 aromatic rings. The van der Waals surface area contributed by atoms with E-state index in [4.69, 9.17) is 0 Å². The minimum atomic E-state index is -4.81. The van der Waals surface area contributed by atoms with Gasteiger partial charge in [0, 0.05) is 50.8 Å². The third-order valence-electron chi connectivity index (χ3n) is 6.81. The van der Waals surface area contributed by atoms with Crippen LogP contribution in [0.5, 0.6) is 0 Å². The third-order valence-corrected chi connectivity index (χ3v) is 7.46. The summed E-state index contributed by atoms with van der Waals surface area (Å²) >= 11 is 0.990. The van der Waals surface area contributed by atoms with Gasteiger partial charge in [0.15, 0.2) is 5.62 Å². The molecule has 2 aromatic carbocycles. The summed E-state index contributed by atoms with van der Waals surface area (Å²) < 4.78 is 69.8. The molecule has 0 saturated carbocycles. The summed E-state index contributed by atoms with van der Waals surface area (Å²) in [6.07, 6.45) is 0.412. The summed E-state index contributed by atoms with van der Waals surface area (Å²) in [4.78, 5) is 18.6. The number of aliphatic hydroxyl groups is 1. The van der Waals surface area contributed by atoms with Crippen molar-refractivity contribution in [2.24, 2.45) is 10.9 Å². The van der Waals surface area contributed by atoms with Crippen LogP contribution in [0, 0.1) is 5.92 Å². The predicted octanol–water partition coefficient (Wildman–Crippen LogP) is 6.21. The van der Waals surface area contributed by atoms with Crippen LogP contribution in [0.1, 0.15) is 42.0 Å². The average molecular weight is 581 g/mol. The van der Waals surface area contributed by atoms with Crippen LogP contribution in [0.2, 0.25) is 0 Å². The van der Waals surface area contributed by atoms with E-state index in [1.54, 1.807) is 31.4 Å². The molecule has 214 valence electrons. The number of hydrogen-bond acceptors (Lipinski definition) is 5. The number of carbonyl (C=O) groups is 1. The number of rotatable bonds is 8. The standard InChI is InChI=1S/C28H29F5N4O2S/c1-27(29,30)22-7-6-20(23(12-22)28(31,32)33)14-37-15-21-10-18(5-8-24(21)35-37)11-25(40-17-39)26(34-2)36-9-3-4-19(13-36)16-38/h5-8,10-12,15,17,19,38H,3-4,9,13-14,16H2,1-2H3/b25-11-,34-26?. The number of carbonyl (C=O) groups excluding carboxylic acids is 1. The molecule has 2 heterocycles. The summed E-state index contributed by atoms with van der Waals surface area (Å²) in [6, 6.07) is 7.86. The van der Waals surface area contributed by atoms with Crippen LogP contribution < -0.4 is 0 Å². The lowest BCUT2D eigenvalue weighted by Gasteiger charge is -2.34. The van der Waals surface area contributed by atoms with Crippen LogP contribution in [-0.2, 0) is 23.4 Å². The highest BCUT2D eigenvalue weighted by Gasteiger charge is 2.36. The largest absolute Gasteiger partial charge is 0.416 e. The quantitative estimate of drug-likeness (QED) is 0.149. The van der Waals surface area contributed by atoms with Crippen LogP contribution >= 0.6 is 11.8 Å². The van der Waals surface area contributed by atoms with Crippen LogP contribution in [0.25, 0.3) is 17.0 Å². The molecule has 0 amide bonds. The maximum absolute atomic E-state index is 13.7. The van der Waals surface area contributed by atoms with Gasteiger partial charge in [-0.2, -0.15) is 18.3 Å². The molecule has 0 radical (unpaired) electrons. The summed E-state index contributed by atoms with van der Waals surface area (Å²) in [6.45, 7) is 1.75. The molecule has 12 heteroatoms. The number of alkyl halides is 5. The first-order valence-corrected chi connectivity index (χ1v) is 13.5. The Morgan fingerprint density at radius 3 is 2.62 bits per heavy atom. The Balaban J connectivity index is 1.63. The topological polar surface area (TPSA) is 70.7 Å². The van der Waals surface area contributed by atoms with Gasteiger partial charge in [-0.05, 0) is 54.2 Å². The first-order chi connectivity index (χ1) is 18.9. The molecule has 0 aliphatic carbocycles. The van der Waals surface area contributed by atoms with E-state index in [0.29, 0.717) is 41.2 Å². The maximum atomic E-state index is 13.7. The van der Waals surface area contributed by atoms with Crippen molar-refractivity contribution in [3.63, 3.8) is 0 Å². The van der Waals surface area contributed by atoms with Crippen molar-refractivity contribution in [1.29, 1.82) is 0 Å². The Hall–Kier alpha value is -3.25. The molecular formula is C28H29F5N4O2S. The molecule has 1 aliphatic rings. The first-order valence-electron chi connectivity index (χ1n) is 12.6. The molecule has 40 heavy (non-hydrogen) atoms. The second kappa shape index (κ2) is 12.1. The molecule has 4 rings (SSSR count). The number of aliphatic hydroxyl groups excluding tert-OH is 1. The van der Waals surface area contributed by atoms with E-state index in [0.717, 1.165) is 54.5 Å². The number of amidine groups is 1. The van der Waals surface area contributed by atoms with Crippen molar-refractivity contribution < 1.29 is 31.9 Å². The molecule has 1 aromatic heterocycles.